The highest BCUT2D eigenvalue weighted by molar-refractivity contribution is 5.95. The van der Waals surface area contributed by atoms with E-state index in [2.05, 4.69) is 25.0 Å². The molecule has 2 aromatic heterocycles. The topological polar surface area (TPSA) is 103 Å². The summed E-state index contributed by atoms with van der Waals surface area (Å²) in [4.78, 5) is 37.2. The molecule has 0 saturated heterocycles. The summed E-state index contributed by atoms with van der Waals surface area (Å²) in [5.41, 5.74) is 0.435. The maximum atomic E-state index is 14.1. The lowest BCUT2D eigenvalue weighted by atomic mass is 9.82. The standard InChI is InChI=1S/C24H25FN4O4/c1-14-20(12-26-15(2)28-14)33-13-24(17-5-4-6-18(25)9-17)10-19(24)22(30)29-21-8-7-16(11-27-21)23(31)32-3/h4-8,11-12,17,19H,9-10,13H2,1-3H3,(H,27,29,30)/t17?,19-,24+/m0/s1. The van der Waals surface area contributed by atoms with Gasteiger partial charge in [-0.2, -0.15) is 0 Å². The molecule has 2 aliphatic carbocycles. The molecule has 33 heavy (non-hydrogen) atoms. The molecular formula is C24H25FN4O4. The molecule has 1 unspecified atom stereocenters. The fourth-order valence-corrected chi connectivity index (χ4v) is 4.23. The Bertz CT molecular complexity index is 1130. The number of aromatic nitrogens is 3. The van der Waals surface area contributed by atoms with Crippen molar-refractivity contribution in [2.75, 3.05) is 19.0 Å². The molecule has 2 aliphatic rings. The number of esters is 1. The van der Waals surface area contributed by atoms with Crippen LogP contribution in [0.15, 0.2) is 48.6 Å². The Morgan fingerprint density at radius 1 is 1.24 bits per heavy atom. The maximum absolute atomic E-state index is 14.1. The van der Waals surface area contributed by atoms with E-state index in [0.717, 1.165) is 0 Å². The second-order valence-electron chi connectivity index (χ2n) is 8.37. The van der Waals surface area contributed by atoms with E-state index in [0.29, 0.717) is 29.5 Å². The van der Waals surface area contributed by atoms with Crippen molar-refractivity contribution < 1.29 is 23.5 Å². The zero-order chi connectivity index (χ0) is 23.6. The van der Waals surface area contributed by atoms with Crippen molar-refractivity contribution in [3.05, 3.63) is 65.7 Å². The molecule has 0 spiro atoms. The number of aryl methyl sites for hydroxylation is 2. The first-order chi connectivity index (χ1) is 15.8. The Kier molecular flexibility index (Phi) is 6.22. The van der Waals surface area contributed by atoms with Crippen LogP contribution in [0.1, 0.15) is 34.7 Å². The van der Waals surface area contributed by atoms with Crippen molar-refractivity contribution in [3.63, 3.8) is 0 Å². The fraction of sp³-hybridized carbons (Fsp3) is 0.375. The highest BCUT2D eigenvalue weighted by Gasteiger charge is 2.62. The van der Waals surface area contributed by atoms with Crippen LogP contribution in [0, 0.1) is 31.1 Å². The predicted molar refractivity (Wildman–Crippen MR) is 118 cm³/mol. The van der Waals surface area contributed by atoms with Crippen molar-refractivity contribution >= 4 is 17.7 Å². The van der Waals surface area contributed by atoms with Gasteiger partial charge in [-0.05, 0) is 44.4 Å². The van der Waals surface area contributed by atoms with Gasteiger partial charge in [0.25, 0.3) is 0 Å². The van der Waals surface area contributed by atoms with Gasteiger partial charge in [0.05, 0.1) is 31.2 Å². The molecule has 0 aromatic carbocycles. The van der Waals surface area contributed by atoms with Crippen molar-refractivity contribution in [2.24, 2.45) is 17.3 Å². The van der Waals surface area contributed by atoms with Crippen LogP contribution in [0.4, 0.5) is 10.2 Å². The number of hydrogen-bond donors (Lipinski definition) is 1. The lowest BCUT2D eigenvalue weighted by Gasteiger charge is -2.27. The van der Waals surface area contributed by atoms with Crippen LogP contribution >= 0.6 is 0 Å². The minimum atomic E-state index is -0.560. The number of carbonyl (C=O) groups is 2. The fourth-order valence-electron chi connectivity index (χ4n) is 4.23. The molecule has 4 rings (SSSR count). The minimum Gasteiger partial charge on any atom is -0.489 e. The van der Waals surface area contributed by atoms with Gasteiger partial charge >= 0.3 is 5.97 Å². The Balaban J connectivity index is 1.49. The van der Waals surface area contributed by atoms with Gasteiger partial charge in [0.2, 0.25) is 5.91 Å². The average Bonchev–Trinajstić information content (AvgIpc) is 3.54. The molecule has 1 N–H and O–H groups in total. The number of anilines is 1. The smallest absolute Gasteiger partial charge is 0.339 e. The number of rotatable bonds is 7. The Hall–Kier alpha value is -3.62. The van der Waals surface area contributed by atoms with Crippen LogP contribution < -0.4 is 10.1 Å². The van der Waals surface area contributed by atoms with Gasteiger partial charge < -0.3 is 14.8 Å². The highest BCUT2D eigenvalue weighted by Crippen LogP contribution is 2.60. The molecule has 1 fully saturated rings. The van der Waals surface area contributed by atoms with Crippen molar-refractivity contribution in [2.45, 2.75) is 26.7 Å². The van der Waals surface area contributed by atoms with Crippen LogP contribution in [0.25, 0.3) is 0 Å². The third-order valence-corrected chi connectivity index (χ3v) is 6.20. The van der Waals surface area contributed by atoms with E-state index in [4.69, 9.17) is 4.74 Å². The first-order valence-electron chi connectivity index (χ1n) is 10.6. The lowest BCUT2D eigenvalue weighted by molar-refractivity contribution is -0.118. The van der Waals surface area contributed by atoms with Crippen LogP contribution in [0.3, 0.4) is 0 Å². The van der Waals surface area contributed by atoms with Gasteiger partial charge in [-0.1, -0.05) is 12.2 Å². The molecule has 172 valence electrons. The molecule has 8 nitrogen and oxygen atoms in total. The number of pyridine rings is 1. The number of nitrogens with zero attached hydrogens (tertiary/aromatic N) is 3. The quantitative estimate of drug-likeness (QED) is 0.639. The summed E-state index contributed by atoms with van der Waals surface area (Å²) in [6.07, 6.45) is 8.79. The van der Waals surface area contributed by atoms with Gasteiger partial charge in [-0.15, -0.1) is 0 Å². The lowest BCUT2D eigenvalue weighted by Crippen LogP contribution is -2.30. The summed E-state index contributed by atoms with van der Waals surface area (Å²) in [6, 6.07) is 3.07. The second-order valence-corrected chi connectivity index (χ2v) is 8.37. The van der Waals surface area contributed by atoms with E-state index >= 15 is 0 Å². The molecule has 0 aliphatic heterocycles. The zero-order valence-corrected chi connectivity index (χ0v) is 18.7. The average molecular weight is 452 g/mol. The van der Waals surface area contributed by atoms with Crippen LogP contribution in [0.5, 0.6) is 5.75 Å². The number of ether oxygens (including phenoxy) is 2. The summed E-state index contributed by atoms with van der Waals surface area (Å²) >= 11 is 0. The van der Waals surface area contributed by atoms with Crippen LogP contribution in [-0.2, 0) is 9.53 Å². The predicted octanol–water partition coefficient (Wildman–Crippen LogP) is 3.73. The van der Waals surface area contributed by atoms with Crippen LogP contribution in [0.2, 0.25) is 0 Å². The third-order valence-electron chi connectivity index (χ3n) is 6.20. The van der Waals surface area contributed by atoms with Gasteiger partial charge in [0, 0.05) is 24.0 Å². The summed E-state index contributed by atoms with van der Waals surface area (Å²) in [5.74, 6) is -0.00429. The van der Waals surface area contributed by atoms with Gasteiger partial charge in [0.1, 0.15) is 17.5 Å². The molecule has 1 saturated carbocycles. The Morgan fingerprint density at radius 2 is 2.06 bits per heavy atom. The Labute approximate surface area is 190 Å². The number of hydrogen-bond acceptors (Lipinski definition) is 7. The number of allylic oxidation sites excluding steroid dienone is 4. The van der Waals surface area contributed by atoms with Crippen molar-refractivity contribution in [3.8, 4) is 5.75 Å². The summed E-state index contributed by atoms with van der Waals surface area (Å²) in [6.45, 7) is 3.86. The van der Waals surface area contributed by atoms with Gasteiger partial charge in [-0.25, -0.2) is 24.1 Å². The molecule has 9 heteroatoms. The summed E-state index contributed by atoms with van der Waals surface area (Å²) < 4.78 is 24.8. The molecule has 0 radical (unpaired) electrons. The first kappa shape index (κ1) is 22.6. The van der Waals surface area contributed by atoms with Gasteiger partial charge in [0.15, 0.2) is 5.75 Å². The first-order valence-corrected chi connectivity index (χ1v) is 10.6. The monoisotopic (exact) mass is 452 g/mol. The van der Waals surface area contributed by atoms with E-state index in [1.165, 1.54) is 25.4 Å². The Morgan fingerprint density at radius 3 is 2.73 bits per heavy atom. The molecule has 2 aromatic rings. The number of nitrogens with one attached hydrogen (secondary N) is 1. The van der Waals surface area contributed by atoms with E-state index in [9.17, 15) is 14.0 Å². The molecule has 3 atom stereocenters. The van der Waals surface area contributed by atoms with E-state index in [1.807, 2.05) is 13.0 Å². The minimum absolute atomic E-state index is 0.181. The van der Waals surface area contributed by atoms with Crippen molar-refractivity contribution in [1.29, 1.82) is 0 Å². The summed E-state index contributed by atoms with van der Waals surface area (Å²) in [5, 5.41) is 2.80. The molecule has 2 heterocycles. The van der Waals surface area contributed by atoms with Gasteiger partial charge in [-0.3, -0.25) is 4.79 Å². The van der Waals surface area contributed by atoms with Crippen LogP contribution in [-0.4, -0.2) is 40.5 Å². The highest BCUT2D eigenvalue weighted by atomic mass is 19.1. The van der Waals surface area contributed by atoms with E-state index in [1.54, 1.807) is 25.3 Å². The second kappa shape index (κ2) is 9.09. The number of halogens is 1. The molecular weight excluding hydrogens is 427 g/mol. The largest absolute Gasteiger partial charge is 0.489 e. The number of amides is 1. The maximum Gasteiger partial charge on any atom is 0.339 e. The number of carbonyl (C=O) groups excluding carboxylic acids is 2. The SMILES string of the molecule is COC(=O)c1ccc(NC(=O)[C@@H]2C[C@@]2(COc2cnc(C)nc2C)C2C=CC=C(F)C2)nc1. The normalized spacial score (nSPS) is 23.5. The molecule has 1 amide bonds. The zero-order valence-electron chi connectivity index (χ0n) is 18.7. The van der Waals surface area contributed by atoms with E-state index in [-0.39, 0.29) is 42.2 Å². The van der Waals surface area contributed by atoms with Crippen molar-refractivity contribution in [1.82, 2.24) is 15.0 Å². The number of methoxy groups -OCH3 is 1. The molecule has 0 bridgehead atoms. The van der Waals surface area contributed by atoms with E-state index < -0.39 is 11.4 Å². The third kappa shape index (κ3) is 4.76. The summed E-state index contributed by atoms with van der Waals surface area (Å²) in [7, 11) is 1.29.